The van der Waals surface area contributed by atoms with Crippen molar-refractivity contribution in [3.8, 4) is 0 Å². The van der Waals surface area contributed by atoms with Crippen LogP contribution in [0.4, 0.5) is 5.95 Å². The summed E-state index contributed by atoms with van der Waals surface area (Å²) in [7, 11) is 1.72. The molecule has 0 amide bonds. The molecule has 3 unspecified atom stereocenters. The summed E-state index contributed by atoms with van der Waals surface area (Å²) in [5.41, 5.74) is 5.64. The quantitative estimate of drug-likeness (QED) is 0.819. The van der Waals surface area contributed by atoms with Crippen molar-refractivity contribution < 1.29 is 9.90 Å². The minimum atomic E-state index is -0.753. The molecule has 1 aromatic heterocycles. The fraction of sp³-hybridized carbons (Fsp3) is 0.727. The third-order valence-corrected chi connectivity index (χ3v) is 3.70. The van der Waals surface area contributed by atoms with Crippen molar-refractivity contribution in [2.45, 2.75) is 32.1 Å². The summed E-state index contributed by atoms with van der Waals surface area (Å²) in [6, 6.07) is 0. The van der Waals surface area contributed by atoms with E-state index in [2.05, 4.69) is 17.0 Å². The van der Waals surface area contributed by atoms with Crippen molar-refractivity contribution in [2.75, 3.05) is 5.73 Å². The molecule has 0 saturated heterocycles. The van der Waals surface area contributed by atoms with E-state index in [-0.39, 0.29) is 11.8 Å². The number of aryl methyl sites for hydroxylation is 1. The van der Waals surface area contributed by atoms with Crippen LogP contribution >= 0.6 is 0 Å². The Hall–Kier alpha value is -1.59. The van der Waals surface area contributed by atoms with Gasteiger partial charge in [-0.15, -0.1) is 0 Å². The van der Waals surface area contributed by atoms with Gasteiger partial charge in [0.25, 0.3) is 0 Å². The standard InChI is InChI=1S/C11H18N4O2/c1-3-6-4-7(8(5-6)10(16)17)9-13-11(12)15(2)14-9/h6-8H,3-5H2,1-2H3,(H,16,17)(H2,12,13,14). The number of anilines is 1. The molecule has 1 saturated carbocycles. The van der Waals surface area contributed by atoms with Gasteiger partial charge in [-0.25, -0.2) is 4.68 Å². The van der Waals surface area contributed by atoms with Crippen molar-refractivity contribution in [1.29, 1.82) is 0 Å². The number of nitrogens with two attached hydrogens (primary N) is 1. The third-order valence-electron chi connectivity index (χ3n) is 3.70. The van der Waals surface area contributed by atoms with Gasteiger partial charge in [0.15, 0.2) is 5.82 Å². The molecule has 0 spiro atoms. The van der Waals surface area contributed by atoms with Crippen LogP contribution in [0.15, 0.2) is 0 Å². The molecule has 1 fully saturated rings. The number of aromatic nitrogens is 3. The molecule has 3 N–H and O–H groups in total. The lowest BCUT2D eigenvalue weighted by atomic mass is 9.96. The van der Waals surface area contributed by atoms with Crippen LogP contribution in [0, 0.1) is 11.8 Å². The largest absolute Gasteiger partial charge is 0.481 e. The monoisotopic (exact) mass is 238 g/mol. The average Bonchev–Trinajstić information content (AvgIpc) is 2.83. The first kappa shape index (κ1) is 11.9. The number of carboxylic acid groups (broad SMARTS) is 1. The van der Waals surface area contributed by atoms with Gasteiger partial charge >= 0.3 is 5.97 Å². The zero-order valence-electron chi connectivity index (χ0n) is 10.1. The number of nitrogens with zero attached hydrogens (tertiary/aromatic N) is 3. The van der Waals surface area contributed by atoms with E-state index in [0.29, 0.717) is 24.1 Å². The van der Waals surface area contributed by atoms with Crippen LogP contribution in [0.1, 0.15) is 37.9 Å². The van der Waals surface area contributed by atoms with Crippen LogP contribution in [-0.4, -0.2) is 25.8 Å². The van der Waals surface area contributed by atoms with E-state index in [4.69, 9.17) is 5.73 Å². The first-order valence-electron chi connectivity index (χ1n) is 5.92. The Labute approximate surface area is 99.8 Å². The van der Waals surface area contributed by atoms with Gasteiger partial charge in [0.2, 0.25) is 5.95 Å². The lowest BCUT2D eigenvalue weighted by molar-refractivity contribution is -0.142. The van der Waals surface area contributed by atoms with Crippen LogP contribution in [0.25, 0.3) is 0 Å². The Kier molecular flexibility index (Phi) is 3.04. The molecule has 6 nitrogen and oxygen atoms in total. The zero-order valence-corrected chi connectivity index (χ0v) is 10.1. The Morgan fingerprint density at radius 3 is 2.76 bits per heavy atom. The second kappa shape index (κ2) is 4.35. The van der Waals surface area contributed by atoms with Crippen LogP contribution in [0.3, 0.4) is 0 Å². The molecule has 2 rings (SSSR count). The zero-order chi connectivity index (χ0) is 12.6. The Morgan fingerprint density at radius 2 is 2.29 bits per heavy atom. The molecule has 0 aromatic carbocycles. The summed E-state index contributed by atoms with van der Waals surface area (Å²) in [5.74, 6) is 0.142. The van der Waals surface area contributed by atoms with Crippen molar-refractivity contribution in [1.82, 2.24) is 14.8 Å². The number of hydrogen-bond donors (Lipinski definition) is 2. The van der Waals surface area contributed by atoms with E-state index in [0.717, 1.165) is 12.8 Å². The number of carboxylic acids is 1. The van der Waals surface area contributed by atoms with Gasteiger partial charge in [0, 0.05) is 13.0 Å². The van der Waals surface area contributed by atoms with Crippen molar-refractivity contribution in [3.05, 3.63) is 5.82 Å². The highest BCUT2D eigenvalue weighted by molar-refractivity contribution is 5.71. The van der Waals surface area contributed by atoms with Crippen LogP contribution in [0.5, 0.6) is 0 Å². The van der Waals surface area contributed by atoms with E-state index < -0.39 is 5.97 Å². The first-order chi connectivity index (χ1) is 8.02. The summed E-state index contributed by atoms with van der Waals surface area (Å²) in [5, 5.41) is 13.5. The molecule has 0 bridgehead atoms. The molecular weight excluding hydrogens is 220 g/mol. The normalized spacial score (nSPS) is 28.5. The van der Waals surface area contributed by atoms with Crippen molar-refractivity contribution >= 4 is 11.9 Å². The molecule has 1 aliphatic rings. The molecule has 0 aliphatic heterocycles. The highest BCUT2D eigenvalue weighted by Gasteiger charge is 2.41. The maximum absolute atomic E-state index is 11.2. The minimum absolute atomic E-state index is 0.0963. The molecule has 1 aromatic rings. The predicted octanol–water partition coefficient (Wildman–Crippen LogP) is 1.00. The number of carbonyl (C=O) groups is 1. The summed E-state index contributed by atoms with van der Waals surface area (Å²) < 4.78 is 1.49. The fourth-order valence-electron chi connectivity index (χ4n) is 2.61. The van der Waals surface area contributed by atoms with Gasteiger partial charge in [0.1, 0.15) is 0 Å². The molecule has 94 valence electrons. The number of aliphatic carboxylic acids is 1. The minimum Gasteiger partial charge on any atom is -0.481 e. The lowest BCUT2D eigenvalue weighted by Crippen LogP contribution is -2.18. The highest BCUT2D eigenvalue weighted by Crippen LogP contribution is 2.43. The van der Waals surface area contributed by atoms with Gasteiger partial charge in [-0.1, -0.05) is 13.3 Å². The number of nitrogen functional groups attached to an aromatic ring is 1. The van der Waals surface area contributed by atoms with E-state index in [1.54, 1.807) is 7.05 Å². The van der Waals surface area contributed by atoms with E-state index in [1.165, 1.54) is 4.68 Å². The van der Waals surface area contributed by atoms with Gasteiger partial charge in [-0.3, -0.25) is 4.79 Å². The second-order valence-corrected chi connectivity index (χ2v) is 4.75. The maximum Gasteiger partial charge on any atom is 0.307 e. The molecular formula is C11H18N4O2. The van der Waals surface area contributed by atoms with Gasteiger partial charge in [0.05, 0.1) is 5.92 Å². The van der Waals surface area contributed by atoms with Crippen LogP contribution in [0.2, 0.25) is 0 Å². The Bertz CT molecular complexity index is 410. The topological polar surface area (TPSA) is 94.0 Å². The third kappa shape index (κ3) is 2.11. The van der Waals surface area contributed by atoms with E-state index in [1.807, 2.05) is 0 Å². The highest BCUT2D eigenvalue weighted by atomic mass is 16.4. The van der Waals surface area contributed by atoms with E-state index in [9.17, 15) is 9.90 Å². The summed E-state index contributed by atoms with van der Waals surface area (Å²) in [4.78, 5) is 15.4. The number of hydrogen-bond acceptors (Lipinski definition) is 4. The van der Waals surface area contributed by atoms with Crippen LogP contribution in [-0.2, 0) is 11.8 Å². The van der Waals surface area contributed by atoms with E-state index >= 15 is 0 Å². The second-order valence-electron chi connectivity index (χ2n) is 4.75. The Morgan fingerprint density at radius 1 is 1.59 bits per heavy atom. The summed E-state index contributed by atoms with van der Waals surface area (Å²) >= 11 is 0. The summed E-state index contributed by atoms with van der Waals surface area (Å²) in [6.07, 6.45) is 2.56. The van der Waals surface area contributed by atoms with Gasteiger partial charge in [-0.05, 0) is 18.8 Å². The first-order valence-corrected chi connectivity index (χ1v) is 5.92. The molecule has 1 heterocycles. The van der Waals surface area contributed by atoms with Gasteiger partial charge in [-0.2, -0.15) is 10.1 Å². The maximum atomic E-state index is 11.2. The molecule has 3 atom stereocenters. The molecule has 17 heavy (non-hydrogen) atoms. The smallest absolute Gasteiger partial charge is 0.307 e. The van der Waals surface area contributed by atoms with Crippen LogP contribution < -0.4 is 5.73 Å². The Balaban J connectivity index is 2.26. The van der Waals surface area contributed by atoms with Gasteiger partial charge < -0.3 is 10.8 Å². The molecule has 0 radical (unpaired) electrons. The number of rotatable bonds is 3. The SMILES string of the molecule is CCC1CC(C(=O)O)C(c2nc(N)n(C)n2)C1. The van der Waals surface area contributed by atoms with Crippen molar-refractivity contribution in [3.63, 3.8) is 0 Å². The summed E-state index contributed by atoms with van der Waals surface area (Å²) in [6.45, 7) is 2.09. The predicted molar refractivity (Wildman–Crippen MR) is 62.3 cm³/mol. The molecule has 1 aliphatic carbocycles. The lowest BCUT2D eigenvalue weighted by Gasteiger charge is -2.10. The average molecular weight is 238 g/mol. The molecule has 6 heteroatoms. The van der Waals surface area contributed by atoms with Crippen molar-refractivity contribution in [2.24, 2.45) is 18.9 Å². The fourth-order valence-corrected chi connectivity index (χ4v) is 2.61.